The molecule has 5 nitrogen and oxygen atoms in total. The fourth-order valence-corrected chi connectivity index (χ4v) is 2.89. The average molecular weight is 304 g/mol. The van der Waals surface area contributed by atoms with Crippen LogP contribution in [0.15, 0.2) is 28.6 Å². The fraction of sp³-hybridized carbons (Fsp3) is 0.231. The van der Waals surface area contributed by atoms with Crippen LogP contribution in [0.5, 0.6) is 0 Å². The van der Waals surface area contributed by atoms with Gasteiger partial charge in [0.25, 0.3) is 0 Å². The number of anilines is 1. The molecule has 0 aliphatic rings. The van der Waals surface area contributed by atoms with Crippen molar-refractivity contribution in [2.24, 2.45) is 0 Å². The van der Waals surface area contributed by atoms with Gasteiger partial charge in [-0.15, -0.1) is 0 Å². The van der Waals surface area contributed by atoms with Crippen LogP contribution in [0, 0.1) is 11.3 Å². The highest BCUT2D eigenvalue weighted by atomic mass is 32.2. The first kappa shape index (κ1) is 14.5. The normalized spacial score (nSPS) is 10.0. The van der Waals surface area contributed by atoms with Crippen molar-refractivity contribution in [2.45, 2.75) is 17.7 Å². The Labute approximate surface area is 125 Å². The summed E-state index contributed by atoms with van der Waals surface area (Å²) in [5.74, 6) is 0.996. The second-order valence-corrected chi connectivity index (χ2v) is 5.83. The molecule has 0 fully saturated rings. The van der Waals surface area contributed by atoms with Gasteiger partial charge in [0.1, 0.15) is 5.82 Å². The lowest BCUT2D eigenvalue weighted by atomic mass is 10.2. The van der Waals surface area contributed by atoms with E-state index in [0.717, 1.165) is 16.6 Å². The molecule has 0 unspecified atom stereocenters. The lowest BCUT2D eigenvalue weighted by molar-refractivity contribution is -0.113. The minimum Gasteiger partial charge on any atom is -0.325 e. The van der Waals surface area contributed by atoms with Gasteiger partial charge in [0, 0.05) is 12.1 Å². The molecule has 0 saturated carbocycles. The van der Waals surface area contributed by atoms with Crippen molar-refractivity contribution >= 4 is 34.9 Å². The monoisotopic (exact) mass is 304 g/mol. The maximum Gasteiger partial charge on any atom is 0.234 e. The van der Waals surface area contributed by atoms with E-state index in [4.69, 9.17) is 5.26 Å². The van der Waals surface area contributed by atoms with Gasteiger partial charge in [0.15, 0.2) is 4.34 Å². The summed E-state index contributed by atoms with van der Waals surface area (Å²) in [6, 6.07) is 8.79. The number of carbonyl (C=O) groups is 1. The molecule has 0 bridgehead atoms. The van der Waals surface area contributed by atoms with Crippen molar-refractivity contribution in [2.75, 3.05) is 11.1 Å². The van der Waals surface area contributed by atoms with Crippen molar-refractivity contribution in [1.29, 1.82) is 5.26 Å². The zero-order valence-electron chi connectivity index (χ0n) is 10.8. The number of nitrogens with zero attached hydrogens (tertiary/aromatic N) is 3. The van der Waals surface area contributed by atoms with Crippen LogP contribution in [0.3, 0.4) is 0 Å². The molecule has 0 saturated heterocycles. The van der Waals surface area contributed by atoms with Crippen molar-refractivity contribution in [3.8, 4) is 6.07 Å². The molecule has 0 spiro atoms. The van der Waals surface area contributed by atoms with E-state index in [1.54, 1.807) is 24.3 Å². The van der Waals surface area contributed by atoms with Crippen LogP contribution in [0.4, 0.5) is 5.69 Å². The van der Waals surface area contributed by atoms with Gasteiger partial charge in [-0.3, -0.25) is 4.79 Å². The third-order valence-electron chi connectivity index (χ3n) is 2.39. The smallest absolute Gasteiger partial charge is 0.234 e. The number of thioether (sulfide) groups is 1. The highest BCUT2D eigenvalue weighted by molar-refractivity contribution is 8.01. The summed E-state index contributed by atoms with van der Waals surface area (Å²) in [6.07, 6.45) is 0.800. The van der Waals surface area contributed by atoms with E-state index in [0.29, 0.717) is 17.0 Å². The molecule has 1 N–H and O–H groups in total. The topological polar surface area (TPSA) is 78.7 Å². The Bertz CT molecular complexity index is 631. The maximum atomic E-state index is 11.8. The molecule has 1 amide bonds. The number of aryl methyl sites for hydroxylation is 1. The maximum absolute atomic E-state index is 11.8. The zero-order valence-corrected chi connectivity index (χ0v) is 12.4. The number of hydrogen-bond donors (Lipinski definition) is 1. The molecule has 0 aliphatic carbocycles. The summed E-state index contributed by atoms with van der Waals surface area (Å²) in [7, 11) is 0. The van der Waals surface area contributed by atoms with E-state index in [9.17, 15) is 4.79 Å². The number of nitriles is 1. The van der Waals surface area contributed by atoms with Gasteiger partial charge in [-0.2, -0.15) is 9.64 Å². The minimum atomic E-state index is -0.104. The summed E-state index contributed by atoms with van der Waals surface area (Å²) < 4.78 is 4.97. The number of amides is 1. The number of rotatable bonds is 5. The molecule has 1 aromatic carbocycles. The Morgan fingerprint density at radius 2 is 2.20 bits per heavy atom. The summed E-state index contributed by atoms with van der Waals surface area (Å²) in [5.41, 5.74) is 1.25. The first-order chi connectivity index (χ1) is 9.71. The van der Waals surface area contributed by atoms with Crippen LogP contribution in [0.1, 0.15) is 18.3 Å². The number of nitrogens with one attached hydrogen (secondary N) is 1. The van der Waals surface area contributed by atoms with Gasteiger partial charge < -0.3 is 5.32 Å². The number of aromatic nitrogens is 2. The number of carbonyl (C=O) groups excluding carboxylic acids is 1. The van der Waals surface area contributed by atoms with Gasteiger partial charge in [-0.05, 0) is 35.8 Å². The van der Waals surface area contributed by atoms with Crippen LogP contribution in [-0.4, -0.2) is 21.0 Å². The highest BCUT2D eigenvalue weighted by Gasteiger charge is 2.07. The molecular formula is C13H12N4OS2. The van der Waals surface area contributed by atoms with Crippen molar-refractivity contribution in [3.05, 3.63) is 35.7 Å². The first-order valence-electron chi connectivity index (χ1n) is 5.96. The van der Waals surface area contributed by atoms with Crippen LogP contribution < -0.4 is 5.32 Å². The zero-order chi connectivity index (χ0) is 14.4. The Morgan fingerprint density at radius 3 is 2.80 bits per heavy atom. The molecular weight excluding hydrogens is 292 g/mol. The largest absolute Gasteiger partial charge is 0.325 e. The van der Waals surface area contributed by atoms with Crippen LogP contribution >= 0.6 is 23.3 Å². The predicted octanol–water partition coefficient (Wildman–Crippen LogP) is 2.70. The van der Waals surface area contributed by atoms with Crippen molar-refractivity contribution in [3.63, 3.8) is 0 Å². The Balaban J connectivity index is 1.84. The lowest BCUT2D eigenvalue weighted by Gasteiger charge is -2.03. The van der Waals surface area contributed by atoms with Gasteiger partial charge >= 0.3 is 0 Å². The fourth-order valence-electron chi connectivity index (χ4n) is 1.39. The summed E-state index contributed by atoms with van der Waals surface area (Å²) in [5, 5.41) is 11.5. The standard InChI is InChI=1S/C13H12N4OS2/c1-2-11-16-13(20-17-11)19-8-12(18)15-10-5-3-9(7-14)4-6-10/h3-6H,2,8H2,1H3,(H,15,18). The van der Waals surface area contributed by atoms with Gasteiger partial charge in [-0.1, -0.05) is 18.7 Å². The number of hydrogen-bond acceptors (Lipinski definition) is 6. The quantitative estimate of drug-likeness (QED) is 0.859. The van der Waals surface area contributed by atoms with E-state index < -0.39 is 0 Å². The van der Waals surface area contributed by atoms with E-state index in [-0.39, 0.29) is 5.91 Å². The van der Waals surface area contributed by atoms with Gasteiger partial charge in [0.05, 0.1) is 17.4 Å². The minimum absolute atomic E-state index is 0.104. The molecule has 1 heterocycles. The Hall–Kier alpha value is -1.91. The van der Waals surface area contributed by atoms with Gasteiger partial charge in [0.2, 0.25) is 5.91 Å². The van der Waals surface area contributed by atoms with Crippen LogP contribution in [0.25, 0.3) is 0 Å². The third-order valence-corrected chi connectivity index (χ3v) is 4.26. The SMILES string of the molecule is CCc1nsc(SCC(=O)Nc2ccc(C#N)cc2)n1. The lowest BCUT2D eigenvalue weighted by Crippen LogP contribution is -2.13. The molecule has 7 heteroatoms. The molecule has 102 valence electrons. The summed E-state index contributed by atoms with van der Waals surface area (Å²) >= 11 is 2.69. The van der Waals surface area contributed by atoms with Crippen LogP contribution in [0.2, 0.25) is 0 Å². The second-order valence-electron chi connectivity index (χ2n) is 3.86. The van der Waals surface area contributed by atoms with Crippen LogP contribution in [-0.2, 0) is 11.2 Å². The highest BCUT2D eigenvalue weighted by Crippen LogP contribution is 2.20. The van der Waals surface area contributed by atoms with E-state index >= 15 is 0 Å². The predicted molar refractivity (Wildman–Crippen MR) is 79.8 cm³/mol. The van der Waals surface area contributed by atoms with Crippen molar-refractivity contribution in [1.82, 2.24) is 9.36 Å². The Morgan fingerprint density at radius 1 is 1.45 bits per heavy atom. The molecule has 0 radical (unpaired) electrons. The number of benzene rings is 1. The molecule has 0 aliphatic heterocycles. The van der Waals surface area contributed by atoms with Gasteiger partial charge in [-0.25, -0.2) is 4.98 Å². The molecule has 1 aromatic heterocycles. The second kappa shape index (κ2) is 7.03. The molecule has 0 atom stereocenters. The molecule has 2 aromatic rings. The third kappa shape index (κ3) is 4.05. The molecule has 20 heavy (non-hydrogen) atoms. The van der Waals surface area contributed by atoms with Crippen molar-refractivity contribution < 1.29 is 4.79 Å². The summed E-state index contributed by atoms with van der Waals surface area (Å²) in [4.78, 5) is 16.1. The average Bonchev–Trinajstić information content (AvgIpc) is 2.94. The van der Waals surface area contributed by atoms with E-state index in [2.05, 4.69) is 14.7 Å². The summed E-state index contributed by atoms with van der Waals surface area (Å²) in [6.45, 7) is 1.99. The Kier molecular flexibility index (Phi) is 5.09. The van der Waals surface area contributed by atoms with E-state index in [1.807, 2.05) is 13.0 Å². The van der Waals surface area contributed by atoms with E-state index in [1.165, 1.54) is 23.3 Å². The molecule has 2 rings (SSSR count). The first-order valence-corrected chi connectivity index (χ1v) is 7.72.